The van der Waals surface area contributed by atoms with E-state index in [4.69, 9.17) is 12.2 Å². The first-order valence-electron chi connectivity index (χ1n) is 5.64. The van der Waals surface area contributed by atoms with E-state index in [0.717, 1.165) is 12.1 Å². The molecule has 2 rings (SSSR count). The molecule has 0 bridgehead atoms. The van der Waals surface area contributed by atoms with E-state index in [2.05, 4.69) is 11.8 Å². The summed E-state index contributed by atoms with van der Waals surface area (Å²) in [7, 11) is 0. The lowest BCUT2D eigenvalue weighted by molar-refractivity contribution is 0.176. The van der Waals surface area contributed by atoms with Gasteiger partial charge in [0.2, 0.25) is 0 Å². The molecule has 0 N–H and O–H groups in total. The molecule has 0 radical (unpaired) electrons. The van der Waals surface area contributed by atoms with Gasteiger partial charge in [0.1, 0.15) is 0 Å². The molecule has 0 saturated carbocycles. The number of piperidine rings is 1. The summed E-state index contributed by atoms with van der Waals surface area (Å²) in [5.74, 6) is 0. The van der Waals surface area contributed by atoms with Crippen LogP contribution in [-0.4, -0.2) is 22.0 Å². The molecular weight excluding hydrogens is 178 g/mol. The Morgan fingerprint density at radius 3 is 3.00 bits per heavy atom. The highest BCUT2D eigenvalue weighted by molar-refractivity contribution is 7.80. The third kappa shape index (κ3) is 1.74. The van der Waals surface area contributed by atoms with E-state index in [-0.39, 0.29) is 0 Å². The minimum absolute atomic E-state index is 0.791. The quantitative estimate of drug-likeness (QED) is 0.626. The van der Waals surface area contributed by atoms with Crippen molar-refractivity contribution in [1.82, 2.24) is 4.90 Å². The minimum atomic E-state index is 0.791. The molecule has 2 heteroatoms. The maximum Gasteiger partial charge on any atom is 0.0785 e. The van der Waals surface area contributed by atoms with Crippen LogP contribution in [0.2, 0.25) is 0 Å². The number of thiocarbonyl (C=S) groups is 1. The lowest BCUT2D eigenvalue weighted by atomic mass is 9.94. The lowest BCUT2D eigenvalue weighted by Crippen LogP contribution is -2.44. The van der Waals surface area contributed by atoms with Gasteiger partial charge in [-0.3, -0.25) is 0 Å². The van der Waals surface area contributed by atoms with Gasteiger partial charge in [-0.05, 0) is 38.5 Å². The predicted octanol–water partition coefficient (Wildman–Crippen LogP) is 3.13. The van der Waals surface area contributed by atoms with Crippen molar-refractivity contribution in [3.8, 4) is 0 Å². The maximum absolute atomic E-state index is 5.43. The van der Waals surface area contributed by atoms with Gasteiger partial charge in [0.05, 0.1) is 4.99 Å². The fourth-order valence-corrected chi connectivity index (χ4v) is 3.31. The third-order valence-corrected chi connectivity index (χ3v) is 3.88. The van der Waals surface area contributed by atoms with Gasteiger partial charge in [-0.2, -0.15) is 0 Å². The fraction of sp³-hybridized carbons (Fsp3) is 0.909. The van der Waals surface area contributed by atoms with Crippen LogP contribution in [0, 0.1) is 0 Å². The van der Waals surface area contributed by atoms with Crippen molar-refractivity contribution in [2.75, 3.05) is 0 Å². The molecule has 0 aromatic carbocycles. The Morgan fingerprint density at radius 2 is 2.23 bits per heavy atom. The van der Waals surface area contributed by atoms with Crippen molar-refractivity contribution in [2.45, 2.75) is 64.0 Å². The molecule has 2 heterocycles. The van der Waals surface area contributed by atoms with Gasteiger partial charge in [0.25, 0.3) is 0 Å². The summed E-state index contributed by atoms with van der Waals surface area (Å²) in [4.78, 5) is 3.82. The summed E-state index contributed by atoms with van der Waals surface area (Å²) < 4.78 is 0. The summed E-state index contributed by atoms with van der Waals surface area (Å²) in [6, 6.07) is 1.61. The van der Waals surface area contributed by atoms with Gasteiger partial charge < -0.3 is 4.90 Å². The van der Waals surface area contributed by atoms with Gasteiger partial charge in [-0.15, -0.1) is 0 Å². The van der Waals surface area contributed by atoms with Crippen LogP contribution in [0.15, 0.2) is 0 Å². The van der Waals surface area contributed by atoms with Crippen molar-refractivity contribution in [1.29, 1.82) is 0 Å². The Hall–Kier alpha value is -0.110. The number of nitrogens with zero attached hydrogens (tertiary/aromatic N) is 1. The second-order valence-corrected chi connectivity index (χ2v) is 4.84. The van der Waals surface area contributed by atoms with E-state index < -0.39 is 0 Å². The summed E-state index contributed by atoms with van der Waals surface area (Å²) in [5.41, 5.74) is 0. The Labute approximate surface area is 86.5 Å². The Balaban J connectivity index is 2.05. The predicted molar refractivity (Wildman–Crippen MR) is 60.0 cm³/mol. The zero-order chi connectivity index (χ0) is 9.26. The van der Waals surface area contributed by atoms with E-state index >= 15 is 0 Å². The highest BCUT2D eigenvalue weighted by Crippen LogP contribution is 2.34. The topological polar surface area (TPSA) is 3.24 Å². The molecule has 2 aliphatic heterocycles. The largest absolute Gasteiger partial charge is 0.360 e. The van der Waals surface area contributed by atoms with Crippen LogP contribution in [-0.2, 0) is 0 Å². The second-order valence-electron chi connectivity index (χ2n) is 4.37. The van der Waals surface area contributed by atoms with Crippen LogP contribution in [0.1, 0.15) is 51.9 Å². The molecule has 0 spiro atoms. The zero-order valence-corrected chi connectivity index (χ0v) is 9.28. The standard InChI is InChI=1S/C11H19NS/c1-2-4-9-5-3-6-10-7-8-11(13)12(9)10/h9-10H,2-8H2,1H3/t9-,10+/m1/s1. The molecule has 2 atom stereocenters. The highest BCUT2D eigenvalue weighted by atomic mass is 32.1. The van der Waals surface area contributed by atoms with E-state index in [0.29, 0.717) is 0 Å². The van der Waals surface area contributed by atoms with E-state index in [1.165, 1.54) is 49.9 Å². The molecule has 2 fully saturated rings. The van der Waals surface area contributed by atoms with Crippen LogP contribution < -0.4 is 0 Å². The first-order valence-corrected chi connectivity index (χ1v) is 6.05. The molecule has 0 amide bonds. The van der Waals surface area contributed by atoms with E-state index in [1.807, 2.05) is 0 Å². The van der Waals surface area contributed by atoms with Gasteiger partial charge in [0.15, 0.2) is 0 Å². The normalized spacial score (nSPS) is 33.6. The summed E-state index contributed by atoms with van der Waals surface area (Å²) >= 11 is 5.43. The van der Waals surface area contributed by atoms with Crippen LogP contribution in [0.4, 0.5) is 0 Å². The molecular formula is C11H19NS. The van der Waals surface area contributed by atoms with Crippen molar-refractivity contribution >= 4 is 17.2 Å². The SMILES string of the molecule is CCC[C@@H]1CCC[C@H]2CCC(=S)N12. The summed E-state index contributed by atoms with van der Waals surface area (Å²) in [6.07, 6.45) is 9.35. The molecule has 0 unspecified atom stereocenters. The molecule has 74 valence electrons. The van der Waals surface area contributed by atoms with Crippen LogP contribution in [0.25, 0.3) is 0 Å². The van der Waals surface area contributed by atoms with Gasteiger partial charge >= 0.3 is 0 Å². The Kier molecular flexibility index (Phi) is 2.87. The first-order chi connectivity index (χ1) is 6.33. The van der Waals surface area contributed by atoms with E-state index in [9.17, 15) is 0 Å². The van der Waals surface area contributed by atoms with Crippen molar-refractivity contribution in [3.63, 3.8) is 0 Å². The molecule has 0 aromatic rings. The van der Waals surface area contributed by atoms with Crippen molar-refractivity contribution < 1.29 is 0 Å². The second kappa shape index (κ2) is 3.95. The Bertz CT molecular complexity index is 200. The summed E-state index contributed by atoms with van der Waals surface area (Å²) in [5, 5.41) is 0. The van der Waals surface area contributed by atoms with Crippen molar-refractivity contribution in [2.24, 2.45) is 0 Å². The molecule has 13 heavy (non-hydrogen) atoms. The van der Waals surface area contributed by atoms with Gasteiger partial charge in [0, 0.05) is 12.1 Å². The highest BCUT2D eigenvalue weighted by Gasteiger charge is 2.35. The van der Waals surface area contributed by atoms with Crippen LogP contribution in [0.5, 0.6) is 0 Å². The molecule has 0 aliphatic carbocycles. The monoisotopic (exact) mass is 197 g/mol. The Morgan fingerprint density at radius 1 is 1.38 bits per heavy atom. The van der Waals surface area contributed by atoms with Gasteiger partial charge in [-0.25, -0.2) is 0 Å². The zero-order valence-electron chi connectivity index (χ0n) is 8.46. The first kappa shape index (κ1) is 9.45. The molecule has 1 nitrogen and oxygen atoms in total. The number of hydrogen-bond acceptors (Lipinski definition) is 1. The average molecular weight is 197 g/mol. The molecule has 0 aromatic heterocycles. The lowest BCUT2D eigenvalue weighted by Gasteiger charge is -2.39. The fourth-order valence-electron chi connectivity index (χ4n) is 2.89. The summed E-state index contributed by atoms with van der Waals surface area (Å²) in [6.45, 7) is 2.28. The smallest absolute Gasteiger partial charge is 0.0785 e. The minimum Gasteiger partial charge on any atom is -0.360 e. The molecule has 2 saturated heterocycles. The van der Waals surface area contributed by atoms with Crippen LogP contribution >= 0.6 is 12.2 Å². The van der Waals surface area contributed by atoms with Crippen molar-refractivity contribution in [3.05, 3.63) is 0 Å². The number of rotatable bonds is 2. The third-order valence-electron chi connectivity index (χ3n) is 3.46. The number of hydrogen-bond donors (Lipinski definition) is 0. The molecule has 2 aliphatic rings. The van der Waals surface area contributed by atoms with Gasteiger partial charge in [-0.1, -0.05) is 25.6 Å². The van der Waals surface area contributed by atoms with Crippen LogP contribution in [0.3, 0.4) is 0 Å². The number of fused-ring (bicyclic) bond motifs is 1. The maximum atomic E-state index is 5.43. The average Bonchev–Trinajstić information content (AvgIpc) is 2.50. The van der Waals surface area contributed by atoms with E-state index in [1.54, 1.807) is 0 Å².